The third-order valence-electron chi connectivity index (χ3n) is 3.78. The van der Waals surface area contributed by atoms with Gasteiger partial charge in [0, 0.05) is 0 Å². The van der Waals surface area contributed by atoms with Crippen LogP contribution < -0.4 is 21.3 Å². The highest BCUT2D eigenvalue weighted by Crippen LogP contribution is 2.36. The van der Waals surface area contributed by atoms with E-state index >= 15 is 0 Å². The predicted molar refractivity (Wildman–Crippen MR) is 82.9 cm³/mol. The minimum Gasteiger partial charge on any atom is -0.506 e. The molecule has 0 radical (unpaired) electrons. The number of carbonyl (C=O) groups excluding carboxylic acids is 1. The zero-order chi connectivity index (χ0) is 16.1. The maximum absolute atomic E-state index is 14.2. The molecule has 0 aliphatic carbocycles. The summed E-state index contributed by atoms with van der Waals surface area (Å²) in [4.78, 5) is 11.1. The van der Waals surface area contributed by atoms with E-state index in [9.17, 15) is 14.3 Å². The Hall–Kier alpha value is -1.86. The molecule has 22 heavy (non-hydrogen) atoms. The van der Waals surface area contributed by atoms with Crippen molar-refractivity contribution in [1.29, 1.82) is 0 Å². The monoisotopic (exact) mass is 310 g/mol. The van der Waals surface area contributed by atoms with Gasteiger partial charge in [-0.15, -0.1) is 5.53 Å². The van der Waals surface area contributed by atoms with Gasteiger partial charge in [0.25, 0.3) is 5.91 Å². The van der Waals surface area contributed by atoms with Crippen molar-refractivity contribution >= 4 is 11.6 Å². The van der Waals surface area contributed by atoms with Gasteiger partial charge in [0.1, 0.15) is 18.0 Å². The van der Waals surface area contributed by atoms with E-state index in [1.165, 1.54) is 11.1 Å². The zero-order valence-electron chi connectivity index (χ0n) is 12.9. The lowest BCUT2D eigenvalue weighted by Crippen LogP contribution is -2.36. The summed E-state index contributed by atoms with van der Waals surface area (Å²) in [7, 11) is 0. The molecule has 122 valence electrons. The normalized spacial score (nSPS) is 18.7. The number of hydrogen-bond acceptors (Lipinski definition) is 5. The highest BCUT2D eigenvalue weighted by atomic mass is 19.1. The van der Waals surface area contributed by atoms with E-state index in [-0.39, 0.29) is 29.8 Å². The molecule has 1 aromatic carbocycles. The van der Waals surface area contributed by atoms with Crippen molar-refractivity contribution < 1.29 is 14.3 Å². The van der Waals surface area contributed by atoms with E-state index in [1.54, 1.807) is 6.07 Å². The smallest absolute Gasteiger partial charge is 0.256 e. The summed E-state index contributed by atoms with van der Waals surface area (Å²) >= 11 is 0. The molecule has 6 nitrogen and oxygen atoms in total. The molecule has 0 spiro atoms. The van der Waals surface area contributed by atoms with Crippen molar-refractivity contribution in [2.24, 2.45) is 0 Å². The van der Waals surface area contributed by atoms with Gasteiger partial charge in [-0.3, -0.25) is 15.2 Å². The second-order valence-corrected chi connectivity index (χ2v) is 5.14. The maximum Gasteiger partial charge on any atom is 0.256 e. The number of phenols is 1. The summed E-state index contributed by atoms with van der Waals surface area (Å²) in [5.41, 5.74) is 5.69. The fraction of sp³-hybridized carbons (Fsp3) is 0.533. The summed E-state index contributed by atoms with van der Waals surface area (Å²) < 4.78 is 14.2. The number of aromatic hydroxyl groups is 1. The first-order chi connectivity index (χ1) is 10.6. The van der Waals surface area contributed by atoms with Crippen LogP contribution in [-0.4, -0.2) is 30.6 Å². The number of nitrogens with one attached hydrogen (secondary N) is 3. The fourth-order valence-electron chi connectivity index (χ4n) is 2.75. The SMILES string of the molecule is CC.O=C1CN(c2c(O)cc(C3CCNCC3)cc2F)NN1. The molecule has 0 aromatic heterocycles. The third kappa shape index (κ3) is 3.48. The number of carbonyl (C=O) groups is 1. The van der Waals surface area contributed by atoms with Crippen LogP contribution in [0.4, 0.5) is 10.1 Å². The molecule has 2 heterocycles. The molecule has 7 heteroatoms. The van der Waals surface area contributed by atoms with Crippen molar-refractivity contribution in [2.45, 2.75) is 32.6 Å². The molecule has 2 aliphatic rings. The Morgan fingerprint density at radius 1 is 1.27 bits per heavy atom. The van der Waals surface area contributed by atoms with Gasteiger partial charge in [-0.25, -0.2) is 4.39 Å². The molecule has 0 bridgehead atoms. The minimum absolute atomic E-state index is 0.000958. The van der Waals surface area contributed by atoms with Crippen LogP contribution in [-0.2, 0) is 4.79 Å². The Morgan fingerprint density at radius 2 is 1.95 bits per heavy atom. The molecule has 0 atom stereocenters. The fourth-order valence-corrected chi connectivity index (χ4v) is 2.75. The summed E-state index contributed by atoms with van der Waals surface area (Å²) in [5, 5.41) is 14.6. The van der Waals surface area contributed by atoms with E-state index in [0.29, 0.717) is 0 Å². The number of benzene rings is 1. The number of phenolic OH excluding ortho intramolecular Hbond substituents is 1. The molecule has 2 fully saturated rings. The van der Waals surface area contributed by atoms with E-state index in [4.69, 9.17) is 0 Å². The van der Waals surface area contributed by atoms with E-state index in [0.717, 1.165) is 31.5 Å². The van der Waals surface area contributed by atoms with Crippen molar-refractivity contribution in [3.8, 4) is 5.75 Å². The lowest BCUT2D eigenvalue weighted by Gasteiger charge is -2.25. The van der Waals surface area contributed by atoms with Gasteiger partial charge in [0.2, 0.25) is 0 Å². The Kier molecular flexibility index (Phi) is 5.57. The molecular weight excluding hydrogens is 287 g/mol. The van der Waals surface area contributed by atoms with Gasteiger partial charge in [0.15, 0.2) is 5.82 Å². The predicted octanol–water partition coefficient (Wildman–Crippen LogP) is 1.38. The van der Waals surface area contributed by atoms with Crippen molar-refractivity contribution in [2.75, 3.05) is 24.6 Å². The lowest BCUT2D eigenvalue weighted by atomic mass is 9.90. The zero-order valence-corrected chi connectivity index (χ0v) is 12.9. The highest BCUT2D eigenvalue weighted by molar-refractivity contribution is 5.84. The quantitative estimate of drug-likeness (QED) is 0.664. The molecule has 2 saturated heterocycles. The number of hydrazine groups is 2. The van der Waals surface area contributed by atoms with Gasteiger partial charge in [-0.1, -0.05) is 13.8 Å². The molecule has 2 aliphatic heterocycles. The summed E-state index contributed by atoms with van der Waals surface area (Å²) in [6, 6.07) is 3.05. The van der Waals surface area contributed by atoms with Crippen LogP contribution in [0.25, 0.3) is 0 Å². The third-order valence-corrected chi connectivity index (χ3v) is 3.78. The first kappa shape index (κ1) is 16.5. The minimum atomic E-state index is -0.525. The number of piperidine rings is 1. The van der Waals surface area contributed by atoms with Crippen LogP contribution >= 0.6 is 0 Å². The second kappa shape index (κ2) is 7.42. The van der Waals surface area contributed by atoms with Crippen LogP contribution in [0.15, 0.2) is 12.1 Å². The van der Waals surface area contributed by atoms with Crippen molar-refractivity contribution in [1.82, 2.24) is 16.3 Å². The molecular formula is C15H23FN4O2. The summed E-state index contributed by atoms with van der Waals surface area (Å²) in [6.45, 7) is 5.78. The van der Waals surface area contributed by atoms with Crippen LogP contribution in [0.1, 0.15) is 38.2 Å². The van der Waals surface area contributed by atoms with Crippen LogP contribution in [0.3, 0.4) is 0 Å². The topological polar surface area (TPSA) is 76.6 Å². The second-order valence-electron chi connectivity index (χ2n) is 5.14. The van der Waals surface area contributed by atoms with Crippen LogP contribution in [0.2, 0.25) is 0 Å². The number of amides is 1. The number of hydrogen-bond donors (Lipinski definition) is 4. The molecule has 4 N–H and O–H groups in total. The van der Waals surface area contributed by atoms with Gasteiger partial charge >= 0.3 is 0 Å². The van der Waals surface area contributed by atoms with E-state index in [2.05, 4.69) is 16.3 Å². The average molecular weight is 310 g/mol. The standard InChI is InChI=1S/C13H17FN4O2.C2H6/c14-10-5-9(8-1-3-15-4-2-8)6-11(19)13(10)18-7-12(20)16-17-18;1-2/h5-6,8,15,17,19H,1-4,7H2,(H,16,20);1-2H3. The average Bonchev–Trinajstić information content (AvgIpc) is 2.95. The molecule has 0 saturated carbocycles. The Labute approximate surface area is 129 Å². The maximum atomic E-state index is 14.2. The van der Waals surface area contributed by atoms with Crippen LogP contribution in [0, 0.1) is 5.82 Å². The van der Waals surface area contributed by atoms with Gasteiger partial charge in [0.05, 0.1) is 0 Å². The number of nitrogens with zero attached hydrogens (tertiary/aromatic N) is 1. The summed E-state index contributed by atoms with van der Waals surface area (Å²) in [5.74, 6) is -0.687. The molecule has 0 unspecified atom stereocenters. The van der Waals surface area contributed by atoms with Crippen molar-refractivity contribution in [3.05, 3.63) is 23.5 Å². The lowest BCUT2D eigenvalue weighted by molar-refractivity contribution is -0.118. The van der Waals surface area contributed by atoms with E-state index < -0.39 is 5.82 Å². The largest absolute Gasteiger partial charge is 0.506 e. The van der Waals surface area contributed by atoms with Gasteiger partial charge < -0.3 is 10.4 Å². The van der Waals surface area contributed by atoms with E-state index in [1.807, 2.05) is 13.8 Å². The first-order valence-electron chi connectivity index (χ1n) is 7.70. The van der Waals surface area contributed by atoms with Gasteiger partial charge in [-0.2, -0.15) is 0 Å². The van der Waals surface area contributed by atoms with Gasteiger partial charge in [-0.05, 0) is 49.5 Å². The number of anilines is 1. The number of rotatable bonds is 2. The Bertz CT molecular complexity index is 509. The molecule has 3 rings (SSSR count). The number of halogens is 1. The Morgan fingerprint density at radius 3 is 2.50 bits per heavy atom. The van der Waals surface area contributed by atoms with Crippen molar-refractivity contribution in [3.63, 3.8) is 0 Å². The molecule has 1 aromatic rings. The Balaban J connectivity index is 0.000000847. The summed E-state index contributed by atoms with van der Waals surface area (Å²) in [6.07, 6.45) is 1.86. The van der Waals surface area contributed by atoms with Crippen LogP contribution in [0.5, 0.6) is 5.75 Å². The highest BCUT2D eigenvalue weighted by Gasteiger charge is 2.26. The first-order valence-corrected chi connectivity index (χ1v) is 7.70. The molecule has 1 amide bonds.